The number of sulfonamides is 1. The van der Waals surface area contributed by atoms with Crippen LogP contribution in [-0.4, -0.2) is 61.0 Å². The monoisotopic (exact) mass is 272 g/mol. The molecule has 0 spiro atoms. The van der Waals surface area contributed by atoms with Gasteiger partial charge in [0.15, 0.2) is 0 Å². The quantitative estimate of drug-likeness (QED) is 0.866. The van der Waals surface area contributed by atoms with Crippen molar-refractivity contribution in [3.05, 3.63) is 11.9 Å². The smallest absolute Gasteiger partial charge is 0.246 e. The van der Waals surface area contributed by atoms with E-state index in [4.69, 9.17) is 0 Å². The lowest BCUT2D eigenvalue weighted by molar-refractivity contribution is 0.196. The van der Waals surface area contributed by atoms with Gasteiger partial charge in [-0.3, -0.25) is 5.10 Å². The topological polar surface area (TPSA) is 69.3 Å². The van der Waals surface area contributed by atoms with E-state index < -0.39 is 10.0 Å². The van der Waals surface area contributed by atoms with Crippen molar-refractivity contribution in [1.29, 1.82) is 0 Å². The second kappa shape index (κ2) is 4.99. The molecule has 0 radical (unpaired) electrons. The van der Waals surface area contributed by atoms with Crippen molar-refractivity contribution >= 4 is 10.0 Å². The number of aromatic nitrogens is 2. The lowest BCUT2D eigenvalue weighted by Crippen LogP contribution is -2.44. The first-order valence-electron chi connectivity index (χ1n) is 6.09. The van der Waals surface area contributed by atoms with E-state index in [0.29, 0.717) is 29.7 Å². The van der Waals surface area contributed by atoms with Gasteiger partial charge in [-0.25, -0.2) is 8.42 Å². The highest BCUT2D eigenvalue weighted by atomic mass is 32.2. The summed E-state index contributed by atoms with van der Waals surface area (Å²) in [6.45, 7) is 2.89. The fourth-order valence-corrected chi connectivity index (χ4v) is 3.93. The molecule has 2 heterocycles. The van der Waals surface area contributed by atoms with E-state index in [1.54, 1.807) is 11.2 Å². The highest BCUT2D eigenvalue weighted by Crippen LogP contribution is 2.23. The molecular formula is C11H20N4O2S. The lowest BCUT2D eigenvalue weighted by Gasteiger charge is -2.34. The molecule has 1 saturated heterocycles. The van der Waals surface area contributed by atoms with Crippen LogP contribution in [0.3, 0.4) is 0 Å². The van der Waals surface area contributed by atoms with Crippen molar-refractivity contribution in [3.63, 3.8) is 0 Å². The summed E-state index contributed by atoms with van der Waals surface area (Å²) >= 11 is 0. The van der Waals surface area contributed by atoms with E-state index in [1.807, 2.05) is 14.1 Å². The van der Waals surface area contributed by atoms with Crippen molar-refractivity contribution in [2.24, 2.45) is 0 Å². The average Bonchev–Trinajstić information content (AvgIpc) is 2.76. The van der Waals surface area contributed by atoms with Crippen LogP contribution in [0.5, 0.6) is 0 Å². The zero-order valence-corrected chi connectivity index (χ0v) is 11.9. The number of H-pyrrole nitrogens is 1. The summed E-state index contributed by atoms with van der Waals surface area (Å²) in [5.74, 6) is 0. The molecule has 1 aromatic heterocycles. The van der Waals surface area contributed by atoms with E-state index >= 15 is 0 Å². The molecule has 1 N–H and O–H groups in total. The molecule has 7 heteroatoms. The van der Waals surface area contributed by atoms with Gasteiger partial charge >= 0.3 is 0 Å². The van der Waals surface area contributed by atoms with Crippen LogP contribution >= 0.6 is 0 Å². The fourth-order valence-electron chi connectivity index (χ4n) is 2.34. The number of hydrogen-bond donors (Lipinski definition) is 1. The highest BCUT2D eigenvalue weighted by Gasteiger charge is 2.31. The maximum atomic E-state index is 12.4. The minimum Gasteiger partial charge on any atom is -0.306 e. The van der Waals surface area contributed by atoms with Crippen LogP contribution in [0.1, 0.15) is 18.5 Å². The Morgan fingerprint density at radius 2 is 2.00 bits per heavy atom. The average molecular weight is 272 g/mol. The predicted octanol–water partition coefficient (Wildman–Crippen LogP) is 0.433. The van der Waals surface area contributed by atoms with Crippen LogP contribution < -0.4 is 0 Å². The summed E-state index contributed by atoms with van der Waals surface area (Å²) in [6, 6.07) is 0.474. The fraction of sp³-hybridized carbons (Fsp3) is 0.727. The van der Waals surface area contributed by atoms with E-state index in [-0.39, 0.29) is 0 Å². The molecule has 0 unspecified atom stereocenters. The Hall–Kier alpha value is -0.920. The molecule has 102 valence electrons. The summed E-state index contributed by atoms with van der Waals surface area (Å²) in [6.07, 6.45) is 3.15. The molecule has 0 saturated carbocycles. The zero-order chi connectivity index (χ0) is 13.3. The van der Waals surface area contributed by atoms with E-state index in [0.717, 1.165) is 12.8 Å². The third-order valence-corrected chi connectivity index (χ3v) is 5.57. The van der Waals surface area contributed by atoms with Gasteiger partial charge in [0, 0.05) is 19.1 Å². The Bertz CT molecular complexity index is 501. The van der Waals surface area contributed by atoms with Crippen LogP contribution in [-0.2, 0) is 10.0 Å². The van der Waals surface area contributed by atoms with Gasteiger partial charge in [-0.05, 0) is 33.9 Å². The van der Waals surface area contributed by atoms with Gasteiger partial charge in [0.25, 0.3) is 0 Å². The summed E-state index contributed by atoms with van der Waals surface area (Å²) in [4.78, 5) is 2.46. The van der Waals surface area contributed by atoms with Gasteiger partial charge in [-0.2, -0.15) is 9.40 Å². The number of aromatic amines is 1. The molecule has 0 aliphatic carbocycles. The van der Waals surface area contributed by atoms with Crippen molar-refractivity contribution in [2.45, 2.75) is 30.7 Å². The normalized spacial score (nSPS) is 19.6. The van der Waals surface area contributed by atoms with E-state index in [1.165, 1.54) is 6.20 Å². The molecule has 2 rings (SSSR count). The summed E-state index contributed by atoms with van der Waals surface area (Å²) in [5.41, 5.74) is 0.602. The molecule has 18 heavy (non-hydrogen) atoms. The van der Waals surface area contributed by atoms with Crippen LogP contribution in [0.25, 0.3) is 0 Å². The molecule has 0 amide bonds. The second-order valence-electron chi connectivity index (χ2n) is 4.96. The van der Waals surface area contributed by atoms with E-state index in [2.05, 4.69) is 15.1 Å². The highest BCUT2D eigenvalue weighted by molar-refractivity contribution is 7.89. The molecule has 0 aromatic carbocycles. The standard InChI is InChI=1S/C11H20N4O2S/c1-9-11(8-12-13-9)18(16,17)15-6-4-10(5-7-15)14(2)3/h8,10H,4-7H2,1-3H3,(H,12,13). The number of nitrogens with zero attached hydrogens (tertiary/aromatic N) is 3. The van der Waals surface area contributed by atoms with E-state index in [9.17, 15) is 8.42 Å². The first-order valence-corrected chi connectivity index (χ1v) is 7.53. The molecule has 1 fully saturated rings. The van der Waals surface area contributed by atoms with Crippen LogP contribution in [0, 0.1) is 6.92 Å². The van der Waals surface area contributed by atoms with Gasteiger partial charge in [0.2, 0.25) is 10.0 Å². The Morgan fingerprint density at radius 1 is 1.39 bits per heavy atom. The zero-order valence-electron chi connectivity index (χ0n) is 11.0. The summed E-state index contributed by atoms with van der Waals surface area (Å²) in [5, 5.41) is 6.46. The van der Waals surface area contributed by atoms with Crippen molar-refractivity contribution < 1.29 is 8.42 Å². The Labute approximate surface area is 108 Å². The first kappa shape index (κ1) is 13.5. The van der Waals surface area contributed by atoms with Gasteiger partial charge in [-0.1, -0.05) is 0 Å². The maximum absolute atomic E-state index is 12.4. The van der Waals surface area contributed by atoms with Gasteiger partial charge in [0.05, 0.1) is 11.9 Å². The molecule has 6 nitrogen and oxygen atoms in total. The minimum absolute atomic E-state index is 0.297. The van der Waals surface area contributed by atoms with Crippen LogP contribution in [0.2, 0.25) is 0 Å². The van der Waals surface area contributed by atoms with Crippen molar-refractivity contribution in [2.75, 3.05) is 27.2 Å². The Morgan fingerprint density at radius 3 is 2.44 bits per heavy atom. The van der Waals surface area contributed by atoms with Crippen molar-refractivity contribution in [3.8, 4) is 0 Å². The first-order chi connectivity index (χ1) is 8.43. The number of piperidine rings is 1. The molecular weight excluding hydrogens is 252 g/mol. The lowest BCUT2D eigenvalue weighted by atomic mass is 10.1. The number of nitrogens with one attached hydrogen (secondary N) is 1. The Kier molecular flexibility index (Phi) is 3.74. The van der Waals surface area contributed by atoms with Crippen LogP contribution in [0.15, 0.2) is 11.1 Å². The third-order valence-electron chi connectivity index (χ3n) is 3.56. The maximum Gasteiger partial charge on any atom is 0.246 e. The van der Waals surface area contributed by atoms with Gasteiger partial charge in [0.1, 0.15) is 4.90 Å². The summed E-state index contributed by atoms with van der Waals surface area (Å²) in [7, 11) is 0.696. The number of hydrogen-bond acceptors (Lipinski definition) is 4. The van der Waals surface area contributed by atoms with Crippen LogP contribution in [0.4, 0.5) is 0 Å². The predicted molar refractivity (Wildman–Crippen MR) is 68.8 cm³/mol. The second-order valence-corrected chi connectivity index (χ2v) is 6.86. The largest absolute Gasteiger partial charge is 0.306 e. The minimum atomic E-state index is -3.38. The Balaban J connectivity index is 2.12. The molecule has 0 bridgehead atoms. The molecule has 1 aliphatic rings. The van der Waals surface area contributed by atoms with Gasteiger partial charge in [-0.15, -0.1) is 0 Å². The molecule has 1 aliphatic heterocycles. The summed E-state index contributed by atoms with van der Waals surface area (Å²) < 4.78 is 26.4. The van der Waals surface area contributed by atoms with Crippen molar-refractivity contribution in [1.82, 2.24) is 19.4 Å². The molecule has 1 aromatic rings. The van der Waals surface area contributed by atoms with Gasteiger partial charge < -0.3 is 4.90 Å². The third kappa shape index (κ3) is 2.43. The number of aryl methyl sites for hydroxylation is 1. The molecule has 0 atom stereocenters. The number of rotatable bonds is 3. The SMILES string of the molecule is Cc1[nH]ncc1S(=O)(=O)N1CCC(N(C)C)CC1.